The van der Waals surface area contributed by atoms with Gasteiger partial charge >= 0.3 is 0 Å². The van der Waals surface area contributed by atoms with Crippen LogP contribution in [-0.4, -0.2) is 28.8 Å². The summed E-state index contributed by atoms with van der Waals surface area (Å²) < 4.78 is 27.4. The Balaban J connectivity index is 2.00. The highest BCUT2D eigenvalue weighted by Crippen LogP contribution is 2.22. The van der Waals surface area contributed by atoms with Gasteiger partial charge in [0, 0.05) is 12.6 Å². The zero-order valence-electron chi connectivity index (χ0n) is 13.6. The van der Waals surface area contributed by atoms with Crippen LogP contribution in [-0.2, 0) is 22.2 Å². The van der Waals surface area contributed by atoms with E-state index in [1.54, 1.807) is 24.3 Å². The number of unbranched alkanes of at least 4 members (excludes halogenated alkanes) is 1. The highest BCUT2D eigenvalue weighted by Gasteiger charge is 2.22. The lowest BCUT2D eigenvalue weighted by molar-refractivity contribution is 0.320. The molecule has 0 saturated carbocycles. The van der Waals surface area contributed by atoms with Crippen molar-refractivity contribution in [3.63, 3.8) is 0 Å². The minimum absolute atomic E-state index is 0.0840. The van der Waals surface area contributed by atoms with E-state index in [4.69, 9.17) is 5.21 Å². The average molecular weight is 357 g/mol. The number of benzene rings is 2. The van der Waals surface area contributed by atoms with E-state index in [0.717, 1.165) is 5.56 Å². The monoisotopic (exact) mass is 357 g/mol. The van der Waals surface area contributed by atoms with Crippen LogP contribution in [0, 0.1) is 0 Å². The Kier molecular flexibility index (Phi) is 5.14. The molecule has 0 unspecified atom stereocenters. The summed E-state index contributed by atoms with van der Waals surface area (Å²) >= 11 is 0. The number of oxime groups is 1. The van der Waals surface area contributed by atoms with Crippen LogP contribution in [0.3, 0.4) is 0 Å². The van der Waals surface area contributed by atoms with Gasteiger partial charge in [-0.05, 0) is 30.5 Å². The number of imidazole rings is 1. The lowest BCUT2D eigenvalue weighted by Crippen LogP contribution is -2.18. The van der Waals surface area contributed by atoms with Crippen molar-refractivity contribution in [2.75, 3.05) is 0 Å². The zero-order valence-corrected chi connectivity index (χ0v) is 14.4. The molecule has 0 amide bonds. The predicted molar refractivity (Wildman–Crippen MR) is 97.4 cm³/mol. The summed E-state index contributed by atoms with van der Waals surface area (Å²) in [7, 11) is -3.60. The quantitative estimate of drug-likeness (QED) is 0.305. The van der Waals surface area contributed by atoms with Crippen LogP contribution in [0.5, 0.6) is 0 Å². The van der Waals surface area contributed by atoms with Crippen molar-refractivity contribution in [2.45, 2.75) is 25.0 Å². The first-order valence-electron chi connectivity index (χ1n) is 8.01. The van der Waals surface area contributed by atoms with Gasteiger partial charge in [0.05, 0.1) is 16.8 Å². The Morgan fingerprint density at radius 1 is 1.08 bits per heavy atom. The van der Waals surface area contributed by atoms with E-state index in [2.05, 4.69) is 10.1 Å². The molecule has 0 fully saturated rings. The molecule has 7 heteroatoms. The van der Waals surface area contributed by atoms with Gasteiger partial charge in [-0.1, -0.05) is 42.5 Å². The van der Waals surface area contributed by atoms with E-state index in [0.29, 0.717) is 36.1 Å². The van der Waals surface area contributed by atoms with Crippen LogP contribution >= 0.6 is 0 Å². The van der Waals surface area contributed by atoms with Crippen molar-refractivity contribution in [3.8, 4) is 0 Å². The first-order valence-corrected chi connectivity index (χ1v) is 9.62. The van der Waals surface area contributed by atoms with E-state index < -0.39 is 10.0 Å². The zero-order chi connectivity index (χ0) is 17.7. The number of para-hydroxylation sites is 2. The fraction of sp³-hybridized carbons (Fsp3) is 0.222. The molecule has 0 aliphatic rings. The Morgan fingerprint density at radius 3 is 2.56 bits per heavy atom. The molecule has 0 radical (unpaired) electrons. The summed E-state index contributed by atoms with van der Waals surface area (Å²) in [5.74, 6) is 0.419. The first-order chi connectivity index (χ1) is 12.1. The van der Waals surface area contributed by atoms with E-state index >= 15 is 0 Å². The van der Waals surface area contributed by atoms with Crippen LogP contribution in [0.4, 0.5) is 0 Å². The summed E-state index contributed by atoms with van der Waals surface area (Å²) in [6.07, 6.45) is 3.08. The van der Waals surface area contributed by atoms with Crippen LogP contribution in [0.1, 0.15) is 24.2 Å². The number of fused-ring (bicyclic) bond motifs is 1. The SMILES string of the molecule is O=S(=O)(Cc1ccccc1)n1c(CCCC=NO)nc2ccccc21. The highest BCUT2D eigenvalue weighted by molar-refractivity contribution is 7.89. The Labute approximate surface area is 146 Å². The standard InChI is InChI=1S/C18H19N3O3S/c22-19-13-7-6-12-18-20-16-10-4-5-11-17(16)21(18)25(23,24)14-15-8-2-1-3-9-15/h1-5,8-11,13,22H,6-7,12,14H2. The van der Waals surface area contributed by atoms with Crippen LogP contribution in [0.25, 0.3) is 11.0 Å². The molecular weight excluding hydrogens is 338 g/mol. The Bertz CT molecular complexity index is 979. The summed E-state index contributed by atoms with van der Waals surface area (Å²) in [4.78, 5) is 4.50. The molecule has 0 saturated heterocycles. The normalized spacial score (nSPS) is 12.2. The van der Waals surface area contributed by atoms with Crippen molar-refractivity contribution < 1.29 is 13.6 Å². The highest BCUT2D eigenvalue weighted by atomic mass is 32.2. The minimum Gasteiger partial charge on any atom is -0.411 e. The van der Waals surface area contributed by atoms with Crippen LogP contribution < -0.4 is 0 Å². The number of nitrogens with zero attached hydrogens (tertiary/aromatic N) is 3. The van der Waals surface area contributed by atoms with Crippen molar-refractivity contribution in [2.24, 2.45) is 5.16 Å². The molecule has 25 heavy (non-hydrogen) atoms. The molecule has 0 atom stereocenters. The van der Waals surface area contributed by atoms with Crippen molar-refractivity contribution in [3.05, 3.63) is 66.0 Å². The molecular formula is C18H19N3O3S. The van der Waals surface area contributed by atoms with Gasteiger partial charge < -0.3 is 5.21 Å². The summed E-state index contributed by atoms with van der Waals surface area (Å²) in [6, 6.07) is 16.3. The third kappa shape index (κ3) is 3.88. The predicted octanol–water partition coefficient (Wildman–Crippen LogP) is 3.20. The molecule has 0 spiro atoms. The molecule has 1 aromatic heterocycles. The van der Waals surface area contributed by atoms with Crippen LogP contribution in [0.15, 0.2) is 59.8 Å². The fourth-order valence-electron chi connectivity index (χ4n) is 2.78. The van der Waals surface area contributed by atoms with E-state index in [1.807, 2.05) is 30.3 Å². The van der Waals surface area contributed by atoms with E-state index in [-0.39, 0.29) is 5.75 Å². The maximum absolute atomic E-state index is 13.0. The van der Waals surface area contributed by atoms with Crippen molar-refractivity contribution in [1.82, 2.24) is 8.96 Å². The van der Waals surface area contributed by atoms with Crippen LogP contribution in [0.2, 0.25) is 0 Å². The van der Waals surface area contributed by atoms with Crippen molar-refractivity contribution >= 4 is 27.3 Å². The molecule has 130 valence electrons. The molecule has 0 bridgehead atoms. The van der Waals surface area contributed by atoms with Gasteiger partial charge in [-0.25, -0.2) is 17.4 Å². The number of aromatic nitrogens is 2. The lowest BCUT2D eigenvalue weighted by Gasteiger charge is -2.10. The second kappa shape index (κ2) is 7.48. The topological polar surface area (TPSA) is 84.5 Å². The molecule has 3 aromatic rings. The molecule has 1 heterocycles. The van der Waals surface area contributed by atoms with Gasteiger partial charge in [-0.2, -0.15) is 0 Å². The number of hydrogen-bond donors (Lipinski definition) is 1. The number of aryl methyl sites for hydroxylation is 1. The maximum atomic E-state index is 13.0. The van der Waals surface area contributed by atoms with Gasteiger partial charge in [0.25, 0.3) is 0 Å². The maximum Gasteiger partial charge on any atom is 0.244 e. The first kappa shape index (κ1) is 17.2. The summed E-state index contributed by atoms with van der Waals surface area (Å²) in [5, 5.41) is 11.4. The third-order valence-electron chi connectivity index (χ3n) is 3.87. The molecule has 0 aliphatic carbocycles. The lowest BCUT2D eigenvalue weighted by atomic mass is 10.2. The second-order valence-corrected chi connectivity index (χ2v) is 7.53. The van der Waals surface area contributed by atoms with E-state index in [1.165, 1.54) is 10.2 Å². The van der Waals surface area contributed by atoms with Crippen molar-refractivity contribution in [1.29, 1.82) is 0 Å². The smallest absolute Gasteiger partial charge is 0.244 e. The fourth-order valence-corrected chi connectivity index (χ4v) is 4.43. The molecule has 6 nitrogen and oxygen atoms in total. The largest absolute Gasteiger partial charge is 0.411 e. The molecule has 3 rings (SSSR count). The third-order valence-corrected chi connectivity index (χ3v) is 5.53. The Morgan fingerprint density at radius 2 is 1.80 bits per heavy atom. The Hall–Kier alpha value is -2.67. The summed E-state index contributed by atoms with van der Waals surface area (Å²) in [5.41, 5.74) is 1.98. The average Bonchev–Trinajstić information content (AvgIpc) is 2.98. The van der Waals surface area contributed by atoms with Gasteiger partial charge in [0.2, 0.25) is 10.0 Å². The van der Waals surface area contributed by atoms with Gasteiger partial charge in [-0.15, -0.1) is 5.16 Å². The molecule has 2 aromatic carbocycles. The van der Waals surface area contributed by atoms with Gasteiger partial charge in [-0.3, -0.25) is 0 Å². The summed E-state index contributed by atoms with van der Waals surface area (Å²) in [6.45, 7) is 0. The number of hydrogen-bond acceptors (Lipinski definition) is 5. The van der Waals surface area contributed by atoms with Gasteiger partial charge in [0.1, 0.15) is 5.82 Å². The molecule has 0 aliphatic heterocycles. The van der Waals surface area contributed by atoms with Gasteiger partial charge in [0.15, 0.2) is 0 Å². The molecule has 1 N–H and O–H groups in total. The number of rotatable bonds is 7. The van der Waals surface area contributed by atoms with E-state index in [9.17, 15) is 8.42 Å². The second-order valence-electron chi connectivity index (χ2n) is 5.71. The minimum atomic E-state index is -3.60.